The van der Waals surface area contributed by atoms with Crippen LogP contribution < -0.4 is 5.32 Å². The molecular formula is C26H21N5O4. The molecular weight excluding hydrogens is 446 g/mol. The van der Waals surface area contributed by atoms with Crippen LogP contribution in [0.15, 0.2) is 84.9 Å². The Bertz CT molecular complexity index is 1380. The molecule has 0 fully saturated rings. The van der Waals surface area contributed by atoms with E-state index in [9.17, 15) is 14.4 Å². The Kier molecular flexibility index (Phi) is 7.17. The second-order valence-electron chi connectivity index (χ2n) is 7.44. The molecule has 9 heteroatoms. The lowest BCUT2D eigenvalue weighted by Crippen LogP contribution is -2.24. The van der Waals surface area contributed by atoms with Gasteiger partial charge in [-0.3, -0.25) is 9.59 Å². The first kappa shape index (κ1) is 23.2. The number of ketones is 1. The Morgan fingerprint density at radius 1 is 0.914 bits per heavy atom. The van der Waals surface area contributed by atoms with Crippen molar-refractivity contribution < 1.29 is 19.1 Å². The zero-order valence-corrected chi connectivity index (χ0v) is 18.8. The van der Waals surface area contributed by atoms with Crippen LogP contribution in [0.5, 0.6) is 0 Å². The van der Waals surface area contributed by atoms with Gasteiger partial charge in [-0.2, -0.15) is 4.68 Å². The van der Waals surface area contributed by atoms with Crippen LogP contribution in [0.2, 0.25) is 0 Å². The summed E-state index contributed by atoms with van der Waals surface area (Å²) in [6.07, 6.45) is 1.57. The fourth-order valence-corrected chi connectivity index (χ4v) is 3.29. The van der Waals surface area contributed by atoms with Gasteiger partial charge in [0, 0.05) is 11.1 Å². The van der Waals surface area contributed by atoms with Crippen molar-refractivity contribution in [2.24, 2.45) is 0 Å². The van der Waals surface area contributed by atoms with Crippen LogP contribution in [0.25, 0.3) is 11.8 Å². The minimum atomic E-state index is -0.784. The maximum atomic E-state index is 12.9. The van der Waals surface area contributed by atoms with Crippen molar-refractivity contribution in [1.29, 1.82) is 0 Å². The smallest absolute Gasteiger partial charge is 0.357 e. The van der Waals surface area contributed by atoms with Gasteiger partial charge in [0.05, 0.1) is 5.69 Å². The number of aryl methyl sites for hydroxylation is 1. The van der Waals surface area contributed by atoms with Gasteiger partial charge in [-0.05, 0) is 41.1 Å². The average molecular weight is 467 g/mol. The molecule has 174 valence electrons. The molecule has 0 aliphatic carbocycles. The van der Waals surface area contributed by atoms with Crippen LogP contribution in [0.4, 0.5) is 5.69 Å². The summed E-state index contributed by atoms with van der Waals surface area (Å²) in [5, 5.41) is 13.9. The number of esters is 1. The molecule has 9 nitrogen and oxygen atoms in total. The highest BCUT2D eigenvalue weighted by Gasteiger charge is 2.20. The van der Waals surface area contributed by atoms with Crippen LogP contribution in [-0.2, 0) is 14.3 Å². The number of hydrogen-bond donors (Lipinski definition) is 1. The number of hydrogen-bond acceptors (Lipinski definition) is 7. The average Bonchev–Trinajstić information content (AvgIpc) is 3.32. The normalized spacial score (nSPS) is 11.1. The van der Waals surface area contributed by atoms with Crippen LogP contribution in [0, 0.1) is 6.92 Å². The second kappa shape index (κ2) is 10.8. The molecule has 0 spiro atoms. The van der Waals surface area contributed by atoms with E-state index >= 15 is 0 Å². The number of amides is 1. The Morgan fingerprint density at radius 3 is 2.26 bits per heavy atom. The molecule has 4 rings (SSSR count). The van der Waals surface area contributed by atoms with Gasteiger partial charge in [0.25, 0.3) is 5.91 Å². The molecule has 0 radical (unpaired) electrons. The third-order valence-electron chi connectivity index (χ3n) is 4.98. The van der Waals surface area contributed by atoms with E-state index in [4.69, 9.17) is 4.74 Å². The molecule has 3 aromatic carbocycles. The number of nitrogens with zero attached hydrogens (tertiary/aromatic N) is 4. The molecule has 4 aromatic rings. The number of benzene rings is 3. The number of tetrazole rings is 1. The summed E-state index contributed by atoms with van der Waals surface area (Å²) in [7, 11) is 0. The lowest BCUT2D eigenvalue weighted by Gasteiger charge is -2.12. The molecule has 0 saturated heterocycles. The third-order valence-corrected chi connectivity index (χ3v) is 4.98. The summed E-state index contributed by atoms with van der Waals surface area (Å²) in [5.41, 5.74) is 1.91. The first-order valence-corrected chi connectivity index (χ1v) is 10.7. The minimum absolute atomic E-state index is 0.0474. The molecule has 1 amide bonds. The highest BCUT2D eigenvalue weighted by atomic mass is 16.5. The van der Waals surface area contributed by atoms with E-state index in [1.165, 1.54) is 4.68 Å². The van der Waals surface area contributed by atoms with Gasteiger partial charge in [-0.1, -0.05) is 72.8 Å². The largest absolute Gasteiger partial charge is 0.451 e. The number of rotatable bonds is 8. The van der Waals surface area contributed by atoms with E-state index in [0.717, 1.165) is 5.56 Å². The van der Waals surface area contributed by atoms with E-state index in [1.807, 2.05) is 24.3 Å². The van der Waals surface area contributed by atoms with Gasteiger partial charge in [0.2, 0.25) is 0 Å². The van der Waals surface area contributed by atoms with Gasteiger partial charge in [-0.25, -0.2) is 4.79 Å². The quantitative estimate of drug-likeness (QED) is 0.240. The van der Waals surface area contributed by atoms with E-state index in [1.54, 1.807) is 73.7 Å². The van der Waals surface area contributed by atoms with E-state index < -0.39 is 18.5 Å². The molecule has 0 saturated carbocycles. The predicted octanol–water partition coefficient (Wildman–Crippen LogP) is 3.39. The number of anilines is 1. The lowest BCUT2D eigenvalue weighted by atomic mass is 10.0. The molecule has 0 aliphatic rings. The standard InChI is InChI=1S/C26H21N5O4/c1-18-28-29-30-31(18)23(16-19-10-4-2-5-11-19)26(34)35-17-24(32)27-22-15-9-8-14-21(22)25(33)20-12-6-3-7-13-20/h2-16H,17H2,1H3,(H,27,32)/b23-16-. The zero-order valence-electron chi connectivity index (χ0n) is 18.8. The Hall–Kier alpha value is -4.92. The predicted molar refractivity (Wildman–Crippen MR) is 129 cm³/mol. The summed E-state index contributed by atoms with van der Waals surface area (Å²) in [6, 6.07) is 24.5. The second-order valence-corrected chi connectivity index (χ2v) is 7.44. The number of carbonyl (C=O) groups excluding carboxylic acids is 3. The molecule has 0 atom stereocenters. The van der Waals surface area contributed by atoms with Crippen LogP contribution in [0.3, 0.4) is 0 Å². The fourth-order valence-electron chi connectivity index (χ4n) is 3.29. The molecule has 1 N–H and O–H groups in total. The van der Waals surface area contributed by atoms with Gasteiger partial charge >= 0.3 is 5.97 Å². The van der Waals surface area contributed by atoms with Crippen molar-refractivity contribution in [3.63, 3.8) is 0 Å². The maximum Gasteiger partial charge on any atom is 0.357 e. The van der Waals surface area contributed by atoms with Crippen LogP contribution in [-0.4, -0.2) is 44.5 Å². The molecule has 1 aromatic heterocycles. The third kappa shape index (κ3) is 5.72. The zero-order chi connectivity index (χ0) is 24.6. The van der Waals surface area contributed by atoms with Crippen LogP contribution in [0.1, 0.15) is 27.3 Å². The van der Waals surface area contributed by atoms with Gasteiger partial charge in [0.15, 0.2) is 23.9 Å². The number of para-hydroxylation sites is 1. The van der Waals surface area contributed by atoms with E-state index in [-0.39, 0.29) is 11.5 Å². The first-order chi connectivity index (χ1) is 17.0. The maximum absolute atomic E-state index is 12.9. The van der Waals surface area contributed by atoms with E-state index in [0.29, 0.717) is 22.6 Å². The van der Waals surface area contributed by atoms with Crippen molar-refractivity contribution in [3.05, 3.63) is 107 Å². The number of nitrogens with one attached hydrogen (secondary N) is 1. The number of ether oxygens (including phenoxy) is 1. The lowest BCUT2D eigenvalue weighted by molar-refractivity contribution is -0.141. The van der Waals surface area contributed by atoms with Gasteiger partial charge < -0.3 is 10.1 Å². The van der Waals surface area contributed by atoms with Gasteiger partial charge in [-0.15, -0.1) is 5.10 Å². The van der Waals surface area contributed by atoms with Crippen molar-refractivity contribution in [1.82, 2.24) is 20.2 Å². The number of aromatic nitrogens is 4. The molecule has 0 unspecified atom stereocenters. The van der Waals surface area contributed by atoms with E-state index in [2.05, 4.69) is 20.8 Å². The van der Waals surface area contributed by atoms with Crippen molar-refractivity contribution in [3.8, 4) is 0 Å². The summed E-state index contributed by atoms with van der Waals surface area (Å²) in [6.45, 7) is 1.07. The first-order valence-electron chi connectivity index (χ1n) is 10.7. The summed E-state index contributed by atoms with van der Waals surface area (Å²) in [4.78, 5) is 38.3. The molecule has 0 aliphatic heterocycles. The molecule has 35 heavy (non-hydrogen) atoms. The monoisotopic (exact) mass is 467 g/mol. The summed E-state index contributed by atoms with van der Waals surface area (Å²) in [5.74, 6) is -1.24. The Balaban J connectivity index is 1.48. The minimum Gasteiger partial charge on any atom is -0.451 e. The fraction of sp³-hybridized carbons (Fsp3) is 0.0769. The highest BCUT2D eigenvalue weighted by molar-refractivity contribution is 6.16. The van der Waals surface area contributed by atoms with Crippen molar-refractivity contribution in [2.45, 2.75) is 6.92 Å². The Morgan fingerprint density at radius 2 is 1.57 bits per heavy atom. The Labute approximate surface area is 201 Å². The van der Waals surface area contributed by atoms with Crippen LogP contribution >= 0.6 is 0 Å². The van der Waals surface area contributed by atoms with Gasteiger partial charge in [0.1, 0.15) is 0 Å². The summed E-state index contributed by atoms with van der Waals surface area (Å²) < 4.78 is 6.49. The van der Waals surface area contributed by atoms with Crippen molar-refractivity contribution >= 4 is 35.1 Å². The SMILES string of the molecule is Cc1nnnn1/C(=C\c1ccccc1)C(=O)OCC(=O)Nc1ccccc1C(=O)c1ccccc1. The highest BCUT2D eigenvalue weighted by Crippen LogP contribution is 2.19. The molecule has 1 heterocycles. The van der Waals surface area contributed by atoms with Crippen molar-refractivity contribution in [2.75, 3.05) is 11.9 Å². The number of carbonyl (C=O) groups is 3. The summed E-state index contributed by atoms with van der Waals surface area (Å²) >= 11 is 0. The molecule has 0 bridgehead atoms. The topological polar surface area (TPSA) is 116 Å².